The molecule has 1 aliphatic heterocycles. The molecule has 2 atom stereocenters. The van der Waals surface area contributed by atoms with Crippen LogP contribution in [0, 0.1) is 0 Å². The first-order chi connectivity index (χ1) is 8.60. The van der Waals surface area contributed by atoms with Crippen molar-refractivity contribution in [3.8, 4) is 11.5 Å². The molecule has 2 unspecified atom stereocenters. The van der Waals surface area contributed by atoms with E-state index in [-0.39, 0.29) is 17.3 Å². The molecule has 18 heavy (non-hydrogen) atoms. The Hall–Kier alpha value is -1.36. The summed E-state index contributed by atoms with van der Waals surface area (Å²) in [5.41, 5.74) is 1.08. The van der Waals surface area contributed by atoms with Gasteiger partial charge in [-0.1, -0.05) is 13.0 Å². The molecule has 98 valence electrons. The predicted molar refractivity (Wildman–Crippen MR) is 70.3 cm³/mol. The topological polar surface area (TPSA) is 55.8 Å². The molecule has 0 aromatic heterocycles. The molecule has 0 bridgehead atoms. The fraction of sp³-hybridized carbons (Fsp3) is 0.462. The Kier molecular flexibility index (Phi) is 4.01. The normalized spacial score (nSPS) is 18.7. The molecule has 0 radical (unpaired) electrons. The van der Waals surface area contributed by atoms with Gasteiger partial charge < -0.3 is 14.6 Å². The van der Waals surface area contributed by atoms with Gasteiger partial charge >= 0.3 is 5.97 Å². The van der Waals surface area contributed by atoms with Gasteiger partial charge in [0.15, 0.2) is 11.5 Å². The van der Waals surface area contributed by atoms with Crippen molar-refractivity contribution in [2.45, 2.75) is 31.8 Å². The number of aliphatic carboxylic acids is 1. The van der Waals surface area contributed by atoms with Crippen molar-refractivity contribution in [1.29, 1.82) is 0 Å². The Morgan fingerprint density at radius 1 is 1.44 bits per heavy atom. The first-order valence-corrected chi connectivity index (χ1v) is 6.95. The van der Waals surface area contributed by atoms with Crippen LogP contribution in [0.2, 0.25) is 0 Å². The van der Waals surface area contributed by atoms with Crippen molar-refractivity contribution < 1.29 is 19.4 Å². The summed E-state index contributed by atoms with van der Waals surface area (Å²) >= 11 is 1.43. The lowest BCUT2D eigenvalue weighted by Crippen LogP contribution is -2.11. The highest BCUT2D eigenvalue weighted by Gasteiger charge is 2.22. The summed E-state index contributed by atoms with van der Waals surface area (Å²) in [6.45, 7) is 3.89. The van der Waals surface area contributed by atoms with E-state index in [0.29, 0.717) is 0 Å². The number of thioether (sulfide) groups is 1. The third-order valence-corrected chi connectivity index (χ3v) is 4.13. The Labute approximate surface area is 110 Å². The van der Waals surface area contributed by atoms with Crippen molar-refractivity contribution in [3.63, 3.8) is 0 Å². The summed E-state index contributed by atoms with van der Waals surface area (Å²) in [7, 11) is 0. The van der Waals surface area contributed by atoms with E-state index in [0.717, 1.165) is 23.5 Å². The Balaban J connectivity index is 2.12. The van der Waals surface area contributed by atoms with E-state index in [1.165, 1.54) is 11.8 Å². The van der Waals surface area contributed by atoms with E-state index in [2.05, 4.69) is 0 Å². The lowest BCUT2D eigenvalue weighted by atomic mass is 10.1. The van der Waals surface area contributed by atoms with Crippen LogP contribution in [0.1, 0.15) is 31.1 Å². The fourth-order valence-corrected chi connectivity index (χ4v) is 2.84. The predicted octanol–water partition coefficient (Wildman–Crippen LogP) is 3.07. The zero-order valence-electron chi connectivity index (χ0n) is 10.4. The Bertz CT molecular complexity index is 447. The minimum atomic E-state index is -0.784. The quantitative estimate of drug-likeness (QED) is 0.889. The second-order valence-electron chi connectivity index (χ2n) is 4.11. The summed E-state index contributed by atoms with van der Waals surface area (Å²) < 4.78 is 11.0. The molecule has 0 saturated heterocycles. The molecule has 1 aliphatic rings. The van der Waals surface area contributed by atoms with Crippen LogP contribution in [-0.4, -0.2) is 23.1 Å². The monoisotopic (exact) mass is 268 g/mol. The largest absolute Gasteiger partial charge is 0.481 e. The molecule has 0 fully saturated rings. The van der Waals surface area contributed by atoms with Gasteiger partial charge in [0.25, 0.3) is 0 Å². The smallest absolute Gasteiger partial charge is 0.313 e. The van der Waals surface area contributed by atoms with Gasteiger partial charge in [0.2, 0.25) is 6.29 Å². The molecule has 2 rings (SSSR count). The summed E-state index contributed by atoms with van der Waals surface area (Å²) in [4.78, 5) is 10.6. The summed E-state index contributed by atoms with van der Waals surface area (Å²) in [5.74, 6) is 0.829. The van der Waals surface area contributed by atoms with Crippen LogP contribution in [0.3, 0.4) is 0 Å². The van der Waals surface area contributed by atoms with E-state index >= 15 is 0 Å². The van der Waals surface area contributed by atoms with Crippen LogP contribution >= 0.6 is 11.8 Å². The van der Waals surface area contributed by atoms with Gasteiger partial charge in [-0.05, 0) is 24.1 Å². The summed E-state index contributed by atoms with van der Waals surface area (Å²) in [6.07, 6.45) is 0.634. The lowest BCUT2D eigenvalue weighted by Gasteiger charge is -2.14. The van der Waals surface area contributed by atoms with Crippen LogP contribution in [-0.2, 0) is 4.79 Å². The van der Waals surface area contributed by atoms with E-state index in [1.54, 1.807) is 0 Å². The van der Waals surface area contributed by atoms with Crippen LogP contribution in [0.5, 0.6) is 11.5 Å². The first kappa shape index (κ1) is 13.1. The number of carboxylic acid groups (broad SMARTS) is 1. The van der Waals surface area contributed by atoms with Crippen LogP contribution in [0.4, 0.5) is 0 Å². The van der Waals surface area contributed by atoms with Crippen LogP contribution < -0.4 is 9.47 Å². The lowest BCUT2D eigenvalue weighted by molar-refractivity contribution is -0.133. The molecule has 0 saturated carbocycles. The number of benzene rings is 1. The number of carbonyl (C=O) groups is 1. The second kappa shape index (κ2) is 5.52. The first-order valence-electron chi connectivity index (χ1n) is 5.90. The molecule has 0 spiro atoms. The fourth-order valence-electron chi connectivity index (χ4n) is 1.92. The number of ether oxygens (including phenoxy) is 2. The molecular weight excluding hydrogens is 252 g/mol. The van der Waals surface area contributed by atoms with E-state index in [9.17, 15) is 4.79 Å². The number of hydrogen-bond acceptors (Lipinski definition) is 4. The molecular formula is C13H16O4S. The highest BCUT2D eigenvalue weighted by molar-refractivity contribution is 8.00. The van der Waals surface area contributed by atoms with E-state index < -0.39 is 5.97 Å². The average Bonchev–Trinajstić information content (AvgIpc) is 2.68. The number of fused-ring (bicyclic) bond motifs is 1. The average molecular weight is 268 g/mol. The number of carboxylic acids is 1. The van der Waals surface area contributed by atoms with Crippen LogP contribution in [0.15, 0.2) is 18.2 Å². The zero-order valence-corrected chi connectivity index (χ0v) is 11.2. The molecule has 1 heterocycles. The van der Waals surface area contributed by atoms with Gasteiger partial charge in [0.1, 0.15) is 0 Å². The standard InChI is InChI=1S/C13H16O4S/c1-3-12(18-7-13(14)15)9-4-5-10-11(6-9)17-8(2)16-10/h4-6,8,12H,3,7H2,1-2H3,(H,14,15). The third-order valence-electron chi connectivity index (χ3n) is 2.70. The highest BCUT2D eigenvalue weighted by Crippen LogP contribution is 2.40. The highest BCUT2D eigenvalue weighted by atomic mass is 32.2. The van der Waals surface area contributed by atoms with Gasteiger partial charge in [-0.15, -0.1) is 11.8 Å². The molecule has 1 aromatic rings. The molecule has 0 aliphatic carbocycles. The minimum Gasteiger partial charge on any atom is -0.481 e. The maximum absolute atomic E-state index is 10.6. The molecule has 1 aromatic carbocycles. The number of rotatable bonds is 5. The maximum Gasteiger partial charge on any atom is 0.313 e. The van der Waals surface area contributed by atoms with Crippen molar-refractivity contribution in [2.75, 3.05) is 5.75 Å². The molecule has 5 heteroatoms. The van der Waals surface area contributed by atoms with Crippen molar-refractivity contribution >= 4 is 17.7 Å². The zero-order chi connectivity index (χ0) is 13.1. The third kappa shape index (κ3) is 2.90. The Morgan fingerprint density at radius 2 is 2.17 bits per heavy atom. The van der Waals surface area contributed by atoms with Crippen molar-refractivity contribution in [3.05, 3.63) is 23.8 Å². The molecule has 0 amide bonds. The van der Waals surface area contributed by atoms with E-state index in [4.69, 9.17) is 14.6 Å². The number of hydrogen-bond donors (Lipinski definition) is 1. The molecule has 1 N–H and O–H groups in total. The van der Waals surface area contributed by atoms with E-state index in [1.807, 2.05) is 32.0 Å². The summed E-state index contributed by atoms with van der Waals surface area (Å²) in [5, 5.41) is 8.90. The van der Waals surface area contributed by atoms with Gasteiger partial charge in [0, 0.05) is 12.2 Å². The Morgan fingerprint density at radius 3 is 2.83 bits per heavy atom. The second-order valence-corrected chi connectivity index (χ2v) is 5.30. The van der Waals surface area contributed by atoms with Crippen molar-refractivity contribution in [1.82, 2.24) is 0 Å². The van der Waals surface area contributed by atoms with Crippen LogP contribution in [0.25, 0.3) is 0 Å². The molecule has 4 nitrogen and oxygen atoms in total. The van der Waals surface area contributed by atoms with Gasteiger partial charge in [-0.2, -0.15) is 0 Å². The van der Waals surface area contributed by atoms with Gasteiger partial charge in [-0.3, -0.25) is 4.79 Å². The maximum atomic E-state index is 10.6. The van der Waals surface area contributed by atoms with Gasteiger partial charge in [-0.25, -0.2) is 0 Å². The SMILES string of the molecule is CCC(SCC(=O)O)c1ccc2c(c1)OC(C)O2. The van der Waals surface area contributed by atoms with Crippen molar-refractivity contribution in [2.24, 2.45) is 0 Å². The summed E-state index contributed by atoms with van der Waals surface area (Å²) in [6, 6.07) is 5.81. The van der Waals surface area contributed by atoms with Gasteiger partial charge in [0.05, 0.1) is 5.75 Å². The minimum absolute atomic E-state index is 0.114.